The summed E-state index contributed by atoms with van der Waals surface area (Å²) < 4.78 is 48.3. The number of carbonyl (C=O) groups is 1. The molecule has 1 aliphatic heterocycles. The van der Waals surface area contributed by atoms with Crippen LogP contribution in [-0.4, -0.2) is 43.8 Å². The number of aryl methyl sites for hydroxylation is 1. The lowest BCUT2D eigenvalue weighted by Crippen LogP contribution is -2.39. The van der Waals surface area contributed by atoms with Crippen LogP contribution in [0, 0.1) is 0 Å². The lowest BCUT2D eigenvalue weighted by atomic mass is 9.91. The predicted molar refractivity (Wildman–Crippen MR) is 102 cm³/mol. The second-order valence-electron chi connectivity index (χ2n) is 7.96. The van der Waals surface area contributed by atoms with Crippen molar-refractivity contribution < 1.29 is 22.5 Å². The van der Waals surface area contributed by atoms with E-state index in [1.54, 1.807) is 38.1 Å². The van der Waals surface area contributed by atoms with Gasteiger partial charge in [-0.2, -0.15) is 18.3 Å². The van der Waals surface area contributed by atoms with Crippen molar-refractivity contribution in [2.75, 3.05) is 13.1 Å². The Labute approximate surface area is 170 Å². The number of fused-ring (bicyclic) bond motifs is 1. The summed E-state index contributed by atoms with van der Waals surface area (Å²) >= 11 is 0. The molecular formula is C20H22F3N5O2. The van der Waals surface area contributed by atoms with Crippen LogP contribution in [0.3, 0.4) is 0 Å². The highest BCUT2D eigenvalue weighted by atomic mass is 19.4. The van der Waals surface area contributed by atoms with Gasteiger partial charge in [-0.1, -0.05) is 19.0 Å². The van der Waals surface area contributed by atoms with Gasteiger partial charge in [-0.25, -0.2) is 4.98 Å². The molecular weight excluding hydrogens is 399 g/mol. The SMILES string of the molecule is CC(C)c1cc(C(F)(F)F)c2c([C@H]3CCCN(C(=O)c4ccn(C)n4)C3)noc2n1. The van der Waals surface area contributed by atoms with Crippen LogP contribution in [0.1, 0.15) is 66.0 Å². The van der Waals surface area contributed by atoms with Crippen molar-refractivity contribution in [3.63, 3.8) is 0 Å². The summed E-state index contributed by atoms with van der Waals surface area (Å²) in [7, 11) is 1.72. The quantitative estimate of drug-likeness (QED) is 0.636. The minimum absolute atomic E-state index is 0.107. The van der Waals surface area contributed by atoms with Gasteiger partial charge in [-0.15, -0.1) is 0 Å². The van der Waals surface area contributed by atoms with E-state index in [9.17, 15) is 18.0 Å². The van der Waals surface area contributed by atoms with Crippen LogP contribution in [0.2, 0.25) is 0 Å². The number of aromatic nitrogens is 4. The number of halogens is 3. The highest BCUT2D eigenvalue weighted by molar-refractivity contribution is 5.92. The summed E-state index contributed by atoms with van der Waals surface area (Å²) in [6.45, 7) is 4.31. The molecule has 3 aromatic heterocycles. The van der Waals surface area contributed by atoms with Crippen LogP contribution in [0.15, 0.2) is 22.9 Å². The van der Waals surface area contributed by atoms with Gasteiger partial charge in [0.1, 0.15) is 5.69 Å². The molecule has 160 valence electrons. The van der Waals surface area contributed by atoms with Gasteiger partial charge in [-0.3, -0.25) is 9.48 Å². The van der Waals surface area contributed by atoms with E-state index in [1.165, 1.54) is 4.68 Å². The normalized spacial score (nSPS) is 17.8. The van der Waals surface area contributed by atoms with Gasteiger partial charge in [0, 0.05) is 37.9 Å². The van der Waals surface area contributed by atoms with E-state index >= 15 is 0 Å². The molecule has 3 aromatic rings. The van der Waals surface area contributed by atoms with Crippen LogP contribution in [-0.2, 0) is 13.2 Å². The van der Waals surface area contributed by atoms with Crippen molar-refractivity contribution >= 4 is 17.0 Å². The van der Waals surface area contributed by atoms with Crippen molar-refractivity contribution in [1.29, 1.82) is 0 Å². The molecule has 0 saturated carbocycles. The maximum absolute atomic E-state index is 13.8. The molecule has 4 rings (SSSR count). The maximum atomic E-state index is 13.8. The van der Waals surface area contributed by atoms with Gasteiger partial charge >= 0.3 is 6.18 Å². The fourth-order valence-electron chi connectivity index (χ4n) is 3.87. The van der Waals surface area contributed by atoms with E-state index in [-0.39, 0.29) is 41.1 Å². The first-order valence-corrected chi connectivity index (χ1v) is 9.81. The zero-order chi connectivity index (χ0) is 21.6. The molecule has 30 heavy (non-hydrogen) atoms. The molecule has 10 heteroatoms. The Morgan fingerprint density at radius 3 is 2.73 bits per heavy atom. The molecule has 0 radical (unpaired) electrons. The standard InChI is InChI=1S/C20H22F3N5O2/c1-11(2)15-9-13(20(21,22)23)16-17(26-30-18(16)24-15)12-5-4-7-28(10-12)19(29)14-6-8-27(3)25-14/h6,8-9,11-12H,4-5,7,10H2,1-3H3/t12-/m0/s1. The molecule has 0 bridgehead atoms. The van der Waals surface area contributed by atoms with Crippen LogP contribution in [0.4, 0.5) is 13.2 Å². The second-order valence-corrected chi connectivity index (χ2v) is 7.96. The molecule has 0 N–H and O–H groups in total. The fraction of sp³-hybridized carbons (Fsp3) is 0.500. The first kappa shape index (κ1) is 20.4. The Morgan fingerprint density at radius 1 is 1.33 bits per heavy atom. The molecule has 1 atom stereocenters. The Morgan fingerprint density at radius 2 is 2.10 bits per heavy atom. The number of alkyl halides is 3. The Bertz CT molecular complexity index is 1090. The summed E-state index contributed by atoms with van der Waals surface area (Å²) in [4.78, 5) is 18.6. The Kier molecular flexibility index (Phi) is 5.03. The number of carbonyl (C=O) groups excluding carboxylic acids is 1. The highest BCUT2D eigenvalue weighted by Crippen LogP contribution is 2.40. The molecule has 4 heterocycles. The summed E-state index contributed by atoms with van der Waals surface area (Å²) in [5.41, 5.74) is -0.0912. The van der Waals surface area contributed by atoms with Crippen molar-refractivity contribution in [2.45, 2.75) is 44.7 Å². The number of hydrogen-bond donors (Lipinski definition) is 0. The Balaban J connectivity index is 1.71. The highest BCUT2D eigenvalue weighted by Gasteiger charge is 2.38. The smallest absolute Gasteiger partial charge is 0.337 e. The average Bonchev–Trinajstić information content (AvgIpc) is 3.32. The van der Waals surface area contributed by atoms with Crippen molar-refractivity contribution in [3.8, 4) is 0 Å². The van der Waals surface area contributed by atoms with Crippen molar-refractivity contribution in [3.05, 3.63) is 41.0 Å². The van der Waals surface area contributed by atoms with Crippen LogP contribution in [0.5, 0.6) is 0 Å². The summed E-state index contributed by atoms with van der Waals surface area (Å²) in [5, 5.41) is 7.99. The number of pyridine rings is 1. The average molecular weight is 421 g/mol. The van der Waals surface area contributed by atoms with E-state index in [0.29, 0.717) is 30.8 Å². The van der Waals surface area contributed by atoms with Gasteiger partial charge in [0.2, 0.25) is 0 Å². The molecule has 0 spiro atoms. The molecule has 1 amide bonds. The topological polar surface area (TPSA) is 77.0 Å². The number of hydrogen-bond acceptors (Lipinski definition) is 5. The number of likely N-dealkylation sites (tertiary alicyclic amines) is 1. The second kappa shape index (κ2) is 7.41. The van der Waals surface area contributed by atoms with Crippen molar-refractivity contribution in [1.82, 2.24) is 24.8 Å². The van der Waals surface area contributed by atoms with Crippen LogP contribution in [0.25, 0.3) is 11.1 Å². The molecule has 0 aliphatic carbocycles. The van der Waals surface area contributed by atoms with Gasteiger partial charge in [0.15, 0.2) is 0 Å². The predicted octanol–water partition coefficient (Wildman–Crippen LogP) is 4.12. The zero-order valence-corrected chi connectivity index (χ0v) is 16.9. The van der Waals surface area contributed by atoms with Gasteiger partial charge in [0.25, 0.3) is 11.6 Å². The van der Waals surface area contributed by atoms with Gasteiger partial charge in [-0.05, 0) is 30.9 Å². The van der Waals surface area contributed by atoms with E-state index in [1.807, 2.05) is 0 Å². The first-order valence-electron chi connectivity index (χ1n) is 9.81. The van der Waals surface area contributed by atoms with E-state index in [2.05, 4.69) is 15.2 Å². The number of rotatable bonds is 3. The van der Waals surface area contributed by atoms with E-state index in [4.69, 9.17) is 4.52 Å². The number of piperidine rings is 1. The third kappa shape index (κ3) is 3.66. The largest absolute Gasteiger partial charge is 0.417 e. The molecule has 1 fully saturated rings. The third-order valence-corrected chi connectivity index (χ3v) is 5.42. The lowest BCUT2D eigenvalue weighted by molar-refractivity contribution is -0.136. The van der Waals surface area contributed by atoms with Gasteiger partial charge < -0.3 is 9.42 Å². The first-order chi connectivity index (χ1) is 14.1. The minimum Gasteiger partial charge on any atom is -0.337 e. The lowest BCUT2D eigenvalue weighted by Gasteiger charge is -2.31. The maximum Gasteiger partial charge on any atom is 0.417 e. The van der Waals surface area contributed by atoms with E-state index in [0.717, 1.165) is 6.07 Å². The summed E-state index contributed by atoms with van der Waals surface area (Å²) in [5.74, 6) is -0.810. The number of nitrogens with zero attached hydrogens (tertiary/aromatic N) is 5. The molecule has 0 aromatic carbocycles. The zero-order valence-electron chi connectivity index (χ0n) is 16.9. The van der Waals surface area contributed by atoms with Crippen LogP contribution >= 0.6 is 0 Å². The summed E-state index contributed by atoms with van der Waals surface area (Å²) in [6, 6.07) is 2.70. The molecule has 1 saturated heterocycles. The summed E-state index contributed by atoms with van der Waals surface area (Å²) in [6.07, 6.45) is -1.63. The molecule has 7 nitrogen and oxygen atoms in total. The van der Waals surface area contributed by atoms with Crippen LogP contribution < -0.4 is 0 Å². The molecule has 0 unspecified atom stereocenters. The van der Waals surface area contributed by atoms with Gasteiger partial charge in [0.05, 0.1) is 16.6 Å². The Hall–Kier alpha value is -2.91. The monoisotopic (exact) mass is 421 g/mol. The minimum atomic E-state index is -4.57. The fourth-order valence-corrected chi connectivity index (χ4v) is 3.87. The molecule has 1 aliphatic rings. The third-order valence-electron chi connectivity index (χ3n) is 5.42. The van der Waals surface area contributed by atoms with E-state index < -0.39 is 11.7 Å². The van der Waals surface area contributed by atoms with Crippen molar-refractivity contribution in [2.24, 2.45) is 7.05 Å². The number of amides is 1.